The molecule has 1 aromatic heterocycles. The van der Waals surface area contributed by atoms with E-state index in [0.29, 0.717) is 12.1 Å². The van der Waals surface area contributed by atoms with Crippen molar-refractivity contribution in [2.45, 2.75) is 39.7 Å². The van der Waals surface area contributed by atoms with E-state index in [4.69, 9.17) is 0 Å². The summed E-state index contributed by atoms with van der Waals surface area (Å²) in [6.45, 7) is 7.86. The zero-order valence-electron chi connectivity index (χ0n) is 12.4. The molecule has 0 bridgehead atoms. The molecule has 0 aliphatic heterocycles. The monoisotopic (exact) mass is 273 g/mol. The molecule has 0 aliphatic rings. The van der Waals surface area contributed by atoms with E-state index in [1.807, 2.05) is 13.8 Å². The Labute approximate surface area is 119 Å². The van der Waals surface area contributed by atoms with Gasteiger partial charge in [0.15, 0.2) is 0 Å². The second kappa shape index (κ2) is 5.33. The second-order valence-corrected chi connectivity index (χ2v) is 5.69. The number of benzene rings is 1. The van der Waals surface area contributed by atoms with Crippen molar-refractivity contribution in [2.75, 3.05) is 0 Å². The fourth-order valence-electron chi connectivity index (χ4n) is 2.62. The maximum Gasteiger partial charge on any atom is 0.141 e. The van der Waals surface area contributed by atoms with Crippen LogP contribution in [0.15, 0.2) is 30.5 Å². The third kappa shape index (κ3) is 3.05. The lowest BCUT2D eigenvalue weighted by atomic mass is 9.87. The van der Waals surface area contributed by atoms with Crippen LogP contribution in [0.1, 0.15) is 34.9 Å². The molecule has 0 amide bonds. The summed E-state index contributed by atoms with van der Waals surface area (Å²) in [5.74, 6) is -0.396. The Morgan fingerprint density at radius 3 is 2.25 bits per heavy atom. The van der Waals surface area contributed by atoms with Crippen LogP contribution in [0.2, 0.25) is 0 Å². The third-order valence-corrected chi connectivity index (χ3v) is 3.64. The van der Waals surface area contributed by atoms with E-state index in [1.165, 1.54) is 17.7 Å². The van der Waals surface area contributed by atoms with E-state index in [9.17, 15) is 9.50 Å². The highest BCUT2D eigenvalue weighted by Crippen LogP contribution is 2.27. The van der Waals surface area contributed by atoms with Crippen LogP contribution in [0.25, 0.3) is 0 Å². The Hall–Kier alpha value is -1.74. The number of pyridine rings is 1. The first-order chi connectivity index (χ1) is 9.29. The molecule has 1 atom stereocenters. The first-order valence-electron chi connectivity index (χ1n) is 6.71. The van der Waals surface area contributed by atoms with Crippen molar-refractivity contribution in [1.29, 1.82) is 0 Å². The van der Waals surface area contributed by atoms with Crippen molar-refractivity contribution in [3.63, 3.8) is 0 Å². The van der Waals surface area contributed by atoms with Gasteiger partial charge in [-0.25, -0.2) is 4.39 Å². The normalized spacial score (nSPS) is 14.1. The number of hydrogen-bond acceptors (Lipinski definition) is 2. The van der Waals surface area contributed by atoms with E-state index >= 15 is 0 Å². The Morgan fingerprint density at radius 2 is 1.75 bits per heavy atom. The van der Waals surface area contributed by atoms with Crippen molar-refractivity contribution >= 4 is 0 Å². The van der Waals surface area contributed by atoms with Gasteiger partial charge in [0.25, 0.3) is 0 Å². The van der Waals surface area contributed by atoms with Gasteiger partial charge >= 0.3 is 0 Å². The van der Waals surface area contributed by atoms with Crippen molar-refractivity contribution < 1.29 is 9.50 Å². The fraction of sp³-hybridized carbons (Fsp3) is 0.353. The maximum atomic E-state index is 12.9. The molecule has 0 spiro atoms. The van der Waals surface area contributed by atoms with Crippen molar-refractivity contribution in [2.24, 2.45) is 0 Å². The first kappa shape index (κ1) is 14.7. The summed E-state index contributed by atoms with van der Waals surface area (Å²) in [7, 11) is 0. The van der Waals surface area contributed by atoms with E-state index in [1.54, 1.807) is 6.92 Å². The van der Waals surface area contributed by atoms with Gasteiger partial charge < -0.3 is 5.11 Å². The quantitative estimate of drug-likeness (QED) is 0.927. The minimum absolute atomic E-state index is 0.396. The van der Waals surface area contributed by atoms with Gasteiger partial charge in [-0.1, -0.05) is 17.7 Å². The van der Waals surface area contributed by atoms with Gasteiger partial charge in [-0.3, -0.25) is 4.98 Å². The van der Waals surface area contributed by atoms with Gasteiger partial charge in [0.1, 0.15) is 11.4 Å². The van der Waals surface area contributed by atoms with E-state index in [2.05, 4.69) is 24.0 Å². The fourth-order valence-corrected chi connectivity index (χ4v) is 2.62. The Bertz CT molecular complexity index is 594. The van der Waals surface area contributed by atoms with Gasteiger partial charge in [-0.2, -0.15) is 0 Å². The van der Waals surface area contributed by atoms with Crippen LogP contribution < -0.4 is 0 Å². The lowest BCUT2D eigenvalue weighted by Gasteiger charge is -2.25. The number of aryl methyl sites for hydroxylation is 3. The van der Waals surface area contributed by atoms with Gasteiger partial charge in [-0.05, 0) is 56.5 Å². The number of aliphatic hydroxyl groups is 1. The molecule has 1 unspecified atom stereocenters. The zero-order valence-corrected chi connectivity index (χ0v) is 12.4. The highest BCUT2D eigenvalue weighted by molar-refractivity contribution is 5.39. The van der Waals surface area contributed by atoms with Crippen LogP contribution in [0.3, 0.4) is 0 Å². The van der Waals surface area contributed by atoms with Gasteiger partial charge in [0.2, 0.25) is 0 Å². The smallest absolute Gasteiger partial charge is 0.141 e. The molecule has 3 heteroatoms. The molecular weight excluding hydrogens is 253 g/mol. The van der Waals surface area contributed by atoms with E-state index in [0.717, 1.165) is 22.9 Å². The topological polar surface area (TPSA) is 33.1 Å². The molecule has 1 N–H and O–H groups in total. The van der Waals surface area contributed by atoms with Crippen molar-refractivity contribution in [1.82, 2.24) is 4.98 Å². The first-order valence-corrected chi connectivity index (χ1v) is 6.71. The summed E-state index contributed by atoms with van der Waals surface area (Å²) in [4.78, 5) is 4.00. The third-order valence-electron chi connectivity index (χ3n) is 3.64. The molecule has 1 aromatic carbocycles. The number of hydrogen-bond donors (Lipinski definition) is 1. The molecular formula is C17H20FNO. The molecule has 2 nitrogen and oxygen atoms in total. The average Bonchev–Trinajstić information content (AvgIpc) is 2.34. The molecule has 0 saturated heterocycles. The van der Waals surface area contributed by atoms with Crippen LogP contribution in [-0.4, -0.2) is 10.1 Å². The summed E-state index contributed by atoms with van der Waals surface area (Å²) >= 11 is 0. The second-order valence-electron chi connectivity index (χ2n) is 5.69. The number of halogens is 1. The molecule has 106 valence electrons. The highest BCUT2D eigenvalue weighted by atomic mass is 19.1. The van der Waals surface area contributed by atoms with Gasteiger partial charge in [-0.15, -0.1) is 0 Å². The van der Waals surface area contributed by atoms with Crippen LogP contribution >= 0.6 is 0 Å². The molecule has 1 heterocycles. The van der Waals surface area contributed by atoms with E-state index < -0.39 is 11.4 Å². The lowest BCUT2D eigenvalue weighted by Crippen LogP contribution is -2.26. The zero-order chi connectivity index (χ0) is 14.9. The summed E-state index contributed by atoms with van der Waals surface area (Å²) < 4.78 is 12.9. The Balaban J connectivity index is 2.35. The van der Waals surface area contributed by atoms with Crippen molar-refractivity contribution in [3.05, 3.63) is 64.2 Å². The van der Waals surface area contributed by atoms with Crippen LogP contribution in [0, 0.1) is 26.6 Å². The standard InChI is InChI=1S/C17H20FNO/c1-11-7-12(2)15(13(3)8-11)9-17(4,20)16-6-5-14(18)10-19-16/h5-8,10,20H,9H2,1-4H3. The van der Waals surface area contributed by atoms with Gasteiger partial charge in [0.05, 0.1) is 11.9 Å². The number of rotatable bonds is 3. The predicted molar refractivity (Wildman–Crippen MR) is 78.1 cm³/mol. The minimum atomic E-state index is -1.11. The van der Waals surface area contributed by atoms with Gasteiger partial charge in [0, 0.05) is 6.42 Å². The van der Waals surface area contributed by atoms with Crippen LogP contribution in [-0.2, 0) is 12.0 Å². The SMILES string of the molecule is Cc1cc(C)c(CC(C)(O)c2ccc(F)cn2)c(C)c1. The average molecular weight is 273 g/mol. The molecule has 0 saturated carbocycles. The summed E-state index contributed by atoms with van der Waals surface area (Å²) in [5.41, 5.74) is 4.02. The molecule has 0 aliphatic carbocycles. The van der Waals surface area contributed by atoms with Crippen LogP contribution in [0.5, 0.6) is 0 Å². The molecule has 20 heavy (non-hydrogen) atoms. The summed E-state index contributed by atoms with van der Waals surface area (Å²) in [5, 5.41) is 10.7. The Kier molecular flexibility index (Phi) is 3.91. The minimum Gasteiger partial charge on any atom is -0.383 e. The number of aromatic nitrogens is 1. The predicted octanol–water partition coefficient (Wildman–Crippen LogP) is 3.60. The highest BCUT2D eigenvalue weighted by Gasteiger charge is 2.26. The number of nitrogens with zero attached hydrogens (tertiary/aromatic N) is 1. The Morgan fingerprint density at radius 1 is 1.15 bits per heavy atom. The van der Waals surface area contributed by atoms with E-state index in [-0.39, 0.29) is 0 Å². The largest absolute Gasteiger partial charge is 0.383 e. The summed E-state index contributed by atoms with van der Waals surface area (Å²) in [6.07, 6.45) is 1.60. The molecule has 2 aromatic rings. The summed E-state index contributed by atoms with van der Waals surface area (Å²) in [6, 6.07) is 7.08. The molecule has 0 fully saturated rings. The van der Waals surface area contributed by atoms with Crippen LogP contribution in [0.4, 0.5) is 4.39 Å². The molecule has 0 radical (unpaired) electrons. The van der Waals surface area contributed by atoms with Crippen molar-refractivity contribution in [3.8, 4) is 0 Å². The molecule has 2 rings (SSSR count). The maximum absolute atomic E-state index is 12.9. The lowest BCUT2D eigenvalue weighted by molar-refractivity contribution is 0.0526.